The number of nitrogens with two attached hydrogens (primary N) is 1. The number of carbonyl (C=O) groups excluding carboxylic acids is 2. The molecule has 0 saturated carbocycles. The van der Waals surface area contributed by atoms with Crippen molar-refractivity contribution in [3.05, 3.63) is 41.7 Å². The monoisotopic (exact) mass is 298 g/mol. The maximum atomic E-state index is 11.9. The Kier molecular flexibility index (Phi) is 4.13. The van der Waals surface area contributed by atoms with Gasteiger partial charge >= 0.3 is 5.97 Å². The summed E-state index contributed by atoms with van der Waals surface area (Å²) in [6.07, 6.45) is 1.47. The summed E-state index contributed by atoms with van der Waals surface area (Å²) in [4.78, 5) is 22.9. The van der Waals surface area contributed by atoms with E-state index < -0.39 is 5.97 Å². The second kappa shape index (κ2) is 6.01. The third-order valence-electron chi connectivity index (χ3n) is 3.01. The van der Waals surface area contributed by atoms with Crippen LogP contribution in [0.1, 0.15) is 23.0 Å². The van der Waals surface area contributed by atoms with E-state index in [0.717, 1.165) is 0 Å². The minimum absolute atomic E-state index is 0.0697. The van der Waals surface area contributed by atoms with E-state index in [9.17, 15) is 9.59 Å². The largest absolute Gasteiger partial charge is 0.464 e. The number of ether oxygens (including phenoxy) is 1. The van der Waals surface area contributed by atoms with Crippen LogP contribution in [0.15, 0.2) is 30.5 Å². The normalized spacial score (nSPS) is 9.86. The van der Waals surface area contributed by atoms with Crippen molar-refractivity contribution in [2.24, 2.45) is 0 Å². The number of nitrogen functional groups attached to an aromatic ring is 1. The van der Waals surface area contributed by atoms with Gasteiger partial charge in [0.05, 0.1) is 18.4 Å². The number of benzene rings is 1. The molecule has 1 aromatic heterocycles. The van der Waals surface area contributed by atoms with Crippen LogP contribution in [0.2, 0.25) is 0 Å². The fourth-order valence-corrected chi connectivity index (χ4v) is 2.03. The molecule has 1 heterocycles. The predicted octanol–water partition coefficient (Wildman–Crippen LogP) is 1.68. The Morgan fingerprint density at radius 3 is 2.45 bits per heavy atom. The summed E-state index contributed by atoms with van der Waals surface area (Å²) in [5.74, 6) is -0.815. The Balaban J connectivity index is 2.50. The van der Waals surface area contributed by atoms with Gasteiger partial charge < -0.3 is 20.4 Å². The highest BCUT2D eigenvalue weighted by Crippen LogP contribution is 2.25. The maximum absolute atomic E-state index is 11.9. The van der Waals surface area contributed by atoms with Crippen molar-refractivity contribution < 1.29 is 14.3 Å². The first-order valence-electron chi connectivity index (χ1n) is 6.35. The quantitative estimate of drug-likeness (QED) is 0.837. The zero-order valence-electron chi connectivity index (χ0n) is 12.1. The van der Waals surface area contributed by atoms with E-state index >= 15 is 0 Å². The standard InChI is InChI=1S/C15H14N4O3/c1-9(20)18-11-3-5-12(6-4-11)19-8-10(7-16)13(17)14(19)15(21)22-2/h3-6,8H,17H2,1-2H3,(H,18,20). The number of nitriles is 1. The molecule has 2 aromatic rings. The first-order chi connectivity index (χ1) is 10.5. The Morgan fingerprint density at radius 1 is 1.32 bits per heavy atom. The molecule has 112 valence electrons. The smallest absolute Gasteiger partial charge is 0.357 e. The lowest BCUT2D eigenvalue weighted by Crippen LogP contribution is -2.11. The van der Waals surface area contributed by atoms with Crippen LogP contribution in [0.3, 0.4) is 0 Å². The van der Waals surface area contributed by atoms with E-state index in [4.69, 9.17) is 15.7 Å². The van der Waals surface area contributed by atoms with Gasteiger partial charge in [-0.05, 0) is 24.3 Å². The molecule has 0 spiro atoms. The van der Waals surface area contributed by atoms with E-state index in [0.29, 0.717) is 11.4 Å². The number of anilines is 2. The third kappa shape index (κ3) is 2.76. The average molecular weight is 298 g/mol. The first-order valence-corrected chi connectivity index (χ1v) is 6.35. The van der Waals surface area contributed by atoms with Crippen LogP contribution in [0, 0.1) is 11.3 Å². The molecule has 0 aliphatic rings. The molecule has 1 amide bonds. The molecule has 0 atom stereocenters. The van der Waals surface area contributed by atoms with Gasteiger partial charge in [-0.3, -0.25) is 4.79 Å². The van der Waals surface area contributed by atoms with E-state index in [2.05, 4.69) is 5.32 Å². The summed E-state index contributed by atoms with van der Waals surface area (Å²) in [7, 11) is 1.24. The van der Waals surface area contributed by atoms with Crippen LogP contribution in [0.4, 0.5) is 11.4 Å². The fourth-order valence-electron chi connectivity index (χ4n) is 2.03. The van der Waals surface area contributed by atoms with E-state index in [1.807, 2.05) is 6.07 Å². The van der Waals surface area contributed by atoms with Crippen molar-refractivity contribution >= 4 is 23.3 Å². The highest BCUT2D eigenvalue weighted by Gasteiger charge is 2.21. The highest BCUT2D eigenvalue weighted by molar-refractivity contribution is 5.96. The minimum Gasteiger partial charge on any atom is -0.464 e. The number of carbonyl (C=O) groups is 2. The number of methoxy groups -OCH3 is 1. The lowest BCUT2D eigenvalue weighted by Gasteiger charge is -2.09. The second-order valence-electron chi connectivity index (χ2n) is 4.51. The molecule has 0 aliphatic heterocycles. The first kappa shape index (κ1) is 15.1. The van der Waals surface area contributed by atoms with Crippen LogP contribution in [-0.2, 0) is 9.53 Å². The van der Waals surface area contributed by atoms with Gasteiger partial charge in [-0.2, -0.15) is 5.26 Å². The topological polar surface area (TPSA) is 110 Å². The van der Waals surface area contributed by atoms with Crippen molar-refractivity contribution in [2.75, 3.05) is 18.2 Å². The molecule has 0 saturated heterocycles. The number of hydrogen-bond acceptors (Lipinski definition) is 5. The van der Waals surface area contributed by atoms with Crippen LogP contribution in [0.25, 0.3) is 5.69 Å². The van der Waals surface area contributed by atoms with Crippen molar-refractivity contribution in [1.82, 2.24) is 4.57 Å². The van der Waals surface area contributed by atoms with Gasteiger partial charge in [0.1, 0.15) is 6.07 Å². The van der Waals surface area contributed by atoms with Gasteiger partial charge in [0.25, 0.3) is 0 Å². The SMILES string of the molecule is COC(=O)c1c(N)c(C#N)cn1-c1ccc(NC(C)=O)cc1. The second-order valence-corrected chi connectivity index (χ2v) is 4.51. The van der Waals surface area contributed by atoms with Gasteiger partial charge in [0, 0.05) is 24.5 Å². The number of aromatic nitrogens is 1. The predicted molar refractivity (Wildman–Crippen MR) is 80.5 cm³/mol. The molecule has 22 heavy (non-hydrogen) atoms. The summed E-state index contributed by atoms with van der Waals surface area (Å²) < 4.78 is 6.19. The fraction of sp³-hybridized carbons (Fsp3) is 0.133. The summed E-state index contributed by atoms with van der Waals surface area (Å²) in [5.41, 5.74) is 7.40. The lowest BCUT2D eigenvalue weighted by atomic mass is 10.2. The number of hydrogen-bond donors (Lipinski definition) is 2. The number of nitrogens with one attached hydrogen (secondary N) is 1. The van der Waals surface area contributed by atoms with Gasteiger partial charge in [-0.15, -0.1) is 0 Å². The van der Waals surface area contributed by atoms with Gasteiger partial charge in [-0.25, -0.2) is 4.79 Å². The van der Waals surface area contributed by atoms with Crippen LogP contribution in [-0.4, -0.2) is 23.6 Å². The number of amides is 1. The summed E-state index contributed by atoms with van der Waals surface area (Å²) >= 11 is 0. The minimum atomic E-state index is -0.634. The van der Waals surface area contributed by atoms with E-state index in [-0.39, 0.29) is 22.9 Å². The molecule has 7 heteroatoms. The van der Waals surface area contributed by atoms with Crippen molar-refractivity contribution in [3.8, 4) is 11.8 Å². The molecule has 7 nitrogen and oxygen atoms in total. The number of nitrogens with zero attached hydrogens (tertiary/aromatic N) is 2. The van der Waals surface area contributed by atoms with E-state index in [1.165, 1.54) is 24.8 Å². The highest BCUT2D eigenvalue weighted by atomic mass is 16.5. The summed E-state index contributed by atoms with van der Waals surface area (Å²) in [5, 5.41) is 11.7. The zero-order chi connectivity index (χ0) is 16.3. The Morgan fingerprint density at radius 2 is 1.95 bits per heavy atom. The number of esters is 1. The molecule has 0 bridgehead atoms. The Bertz CT molecular complexity index is 769. The molecular weight excluding hydrogens is 284 g/mol. The summed E-state index contributed by atoms with van der Waals surface area (Å²) in [6.45, 7) is 1.41. The van der Waals surface area contributed by atoms with Crippen molar-refractivity contribution in [1.29, 1.82) is 5.26 Å². The molecule has 1 aromatic carbocycles. The lowest BCUT2D eigenvalue weighted by molar-refractivity contribution is -0.114. The average Bonchev–Trinajstić information content (AvgIpc) is 2.83. The van der Waals surface area contributed by atoms with Crippen molar-refractivity contribution in [2.45, 2.75) is 6.92 Å². The van der Waals surface area contributed by atoms with Gasteiger partial charge in [0.2, 0.25) is 5.91 Å². The Labute approximate surface area is 126 Å². The third-order valence-corrected chi connectivity index (χ3v) is 3.01. The van der Waals surface area contributed by atoms with E-state index in [1.54, 1.807) is 24.3 Å². The molecule has 0 fully saturated rings. The maximum Gasteiger partial charge on any atom is 0.357 e. The van der Waals surface area contributed by atoms with Gasteiger partial charge in [-0.1, -0.05) is 0 Å². The summed E-state index contributed by atoms with van der Waals surface area (Å²) in [6, 6.07) is 8.68. The Hall–Kier alpha value is -3.27. The molecular formula is C15H14N4O3. The van der Waals surface area contributed by atoms with Crippen LogP contribution in [0.5, 0.6) is 0 Å². The molecule has 0 aliphatic carbocycles. The number of rotatable bonds is 3. The molecule has 3 N–H and O–H groups in total. The van der Waals surface area contributed by atoms with Gasteiger partial charge in [0.15, 0.2) is 5.69 Å². The molecule has 0 radical (unpaired) electrons. The van der Waals surface area contributed by atoms with Crippen LogP contribution < -0.4 is 11.1 Å². The van der Waals surface area contributed by atoms with Crippen molar-refractivity contribution in [3.63, 3.8) is 0 Å². The molecule has 0 unspecified atom stereocenters. The molecule has 2 rings (SSSR count). The van der Waals surface area contributed by atoms with Crippen LogP contribution >= 0.6 is 0 Å². The zero-order valence-corrected chi connectivity index (χ0v) is 12.1.